The summed E-state index contributed by atoms with van der Waals surface area (Å²) in [5.41, 5.74) is 0. The number of hydrogen-bond acceptors (Lipinski definition) is 0. The Morgan fingerprint density at radius 3 is 0.716 bits per heavy atom. The molecule has 1 saturated carbocycles. The Morgan fingerprint density at radius 2 is 0.486 bits per heavy atom. The van der Waals surface area contributed by atoms with Gasteiger partial charge in [0.05, 0.1) is 0 Å². The molecule has 1 rings (SSSR count). The normalized spacial score (nSPS) is 16.9. The van der Waals surface area contributed by atoms with Gasteiger partial charge in [-0.05, 0) is 22.7 Å². The summed E-state index contributed by atoms with van der Waals surface area (Å²) in [4.78, 5) is 0. The van der Waals surface area contributed by atoms with Gasteiger partial charge in [-0.3, -0.25) is 0 Å². The molecule has 0 spiro atoms. The molecule has 2 unspecified atom stereocenters. The van der Waals surface area contributed by atoms with Gasteiger partial charge in [0.1, 0.15) is 0 Å². The van der Waals surface area contributed by atoms with Crippen molar-refractivity contribution in [3.05, 3.63) is 27.7 Å². The summed E-state index contributed by atoms with van der Waals surface area (Å²) in [5, 5.41) is 0. The van der Waals surface area contributed by atoms with Gasteiger partial charge < -0.3 is 27.7 Å². The first-order valence-electron chi connectivity index (χ1n) is 34.3. The standard InChI is InChI=1S/C33H65I.C18H36.C17H35.C3H7.Cm.K/c1-2-32-26-20-14-10-8-6-4-3-5-7-9-11-15-22-28-33(29-23-17-12-16-21-27-32)30-24-18-13-19-25-31-34;1-3-5-7-9-11-13-15-17-18-16-14-12-10-8-6-4-2;1-3-5-7-9-11-13-15-17-16-14-12-10-8-6-4-2;1-3-2;;/h32-33H,2-31H2,1H3;1-18H2;1,3-17H2,2H3;1,3H2,2H3;;/q;-2;2*-1;;+1. The zero-order valence-electron chi connectivity index (χ0n) is 52.6. The molecule has 1 aliphatic carbocycles. The van der Waals surface area contributed by atoms with E-state index in [0.29, 0.717) is 0 Å². The second kappa shape index (κ2) is 83.2. The third kappa shape index (κ3) is 82.2. The molecule has 0 nitrogen and oxygen atoms in total. The Hall–Kier alpha value is 1.37. The van der Waals surface area contributed by atoms with Crippen LogP contribution < -0.4 is 51.4 Å². The molecule has 0 N–H and O–H groups in total. The van der Waals surface area contributed by atoms with Crippen molar-refractivity contribution in [3.63, 3.8) is 0 Å². The van der Waals surface area contributed by atoms with E-state index in [1.807, 2.05) is 6.92 Å². The van der Waals surface area contributed by atoms with Crippen molar-refractivity contribution < 1.29 is 51.4 Å². The van der Waals surface area contributed by atoms with Crippen LogP contribution in [0.5, 0.6) is 0 Å². The molecule has 3 heteroatoms. The van der Waals surface area contributed by atoms with Crippen LogP contribution in [-0.2, 0) is 0 Å². The first kappa shape index (κ1) is 84.2. The van der Waals surface area contributed by atoms with Crippen molar-refractivity contribution in [1.82, 2.24) is 0 Å². The van der Waals surface area contributed by atoms with Gasteiger partial charge in [-0.15, -0.1) is 0 Å². The first-order chi connectivity index (χ1) is 35.6. The minimum atomic E-state index is 0. The van der Waals surface area contributed by atoms with Crippen LogP contribution in [0.2, 0.25) is 0 Å². The van der Waals surface area contributed by atoms with Gasteiger partial charge in [-0.1, -0.05) is 403 Å². The molecule has 0 amide bonds. The third-order valence-corrected chi connectivity index (χ3v) is 16.9. The molecule has 446 valence electrons. The van der Waals surface area contributed by atoms with E-state index >= 15 is 0 Å². The van der Waals surface area contributed by atoms with E-state index in [9.17, 15) is 0 Å². The maximum atomic E-state index is 3.88. The van der Waals surface area contributed by atoms with E-state index in [2.05, 4.69) is 64.1 Å². The van der Waals surface area contributed by atoms with Crippen molar-refractivity contribution in [2.24, 2.45) is 11.8 Å². The van der Waals surface area contributed by atoms with Gasteiger partial charge in [0, 0.05) is 0 Å². The van der Waals surface area contributed by atoms with Gasteiger partial charge in [0.15, 0.2) is 0 Å². The Kier molecular flexibility index (Phi) is 94.6. The van der Waals surface area contributed by atoms with Crippen molar-refractivity contribution in [3.8, 4) is 0 Å². The monoisotopic (exact) mass is 1410 g/mol. The largest absolute Gasteiger partial charge is 1.00 e. The van der Waals surface area contributed by atoms with Crippen molar-refractivity contribution in [1.29, 1.82) is 0 Å². The molecule has 1 aliphatic rings. The van der Waals surface area contributed by atoms with Crippen molar-refractivity contribution in [2.75, 3.05) is 4.43 Å². The fourth-order valence-electron chi connectivity index (χ4n) is 11.1. The van der Waals surface area contributed by atoms with Crippen LogP contribution in [-0.4, -0.2) is 4.43 Å². The molecular formula is C71H143CmIK-3. The molecule has 0 aromatic heterocycles. The third-order valence-electron chi connectivity index (χ3n) is 16.1. The predicted molar refractivity (Wildman–Crippen MR) is 346 cm³/mol. The minimum absolute atomic E-state index is 0. The second-order valence-corrected chi connectivity index (χ2v) is 24.6. The summed E-state index contributed by atoms with van der Waals surface area (Å²) in [6.07, 6.45) is 88.0. The van der Waals surface area contributed by atoms with E-state index in [4.69, 9.17) is 0 Å². The van der Waals surface area contributed by atoms with Crippen molar-refractivity contribution in [2.45, 2.75) is 412 Å². The molecule has 1 fully saturated rings. The van der Waals surface area contributed by atoms with Gasteiger partial charge in [0.2, 0.25) is 0 Å². The molecular weight excluding hydrogens is 1270 g/mol. The SMILES string of the molecule is CCC1CCCCCCCCCCCCCCCC(CCCCCCCI)CCCCCCC1.[CH2-]CC.[CH2-]CCCCCCCCCCCCCCCC.[CH2-]CCCCCCCCCCCCCCCC[CH2-].[Cm].[K+]. The zero-order valence-corrected chi connectivity index (χ0v) is 60.8. The Labute approximate surface area is 524 Å². The first-order valence-corrected chi connectivity index (χ1v) is 35.9. The second-order valence-electron chi connectivity index (χ2n) is 23.5. The van der Waals surface area contributed by atoms with Gasteiger partial charge in [-0.2, -0.15) is 25.7 Å². The Balaban J connectivity index is -0.000000336. The van der Waals surface area contributed by atoms with Crippen LogP contribution in [0, 0.1) is 39.5 Å². The smallest absolute Gasteiger partial charge is 0.344 e. The van der Waals surface area contributed by atoms with Gasteiger partial charge >= 0.3 is 51.4 Å². The average molecular weight is 1410 g/mol. The van der Waals surface area contributed by atoms with Crippen LogP contribution in [0.3, 0.4) is 0 Å². The van der Waals surface area contributed by atoms with E-state index in [1.165, 1.54) is 370 Å². The number of rotatable bonds is 37. The quantitative estimate of drug-likeness (QED) is 0.0191. The van der Waals surface area contributed by atoms with E-state index in [0.717, 1.165) is 37.5 Å². The maximum Gasteiger partial charge on any atom is 1.00 e. The summed E-state index contributed by atoms with van der Waals surface area (Å²) in [7, 11) is 0. The summed E-state index contributed by atoms with van der Waals surface area (Å²) < 4.78 is 1.35. The molecule has 0 bridgehead atoms. The van der Waals surface area contributed by atoms with E-state index < -0.39 is 0 Å². The molecule has 74 heavy (non-hydrogen) atoms. The fraction of sp³-hybridized carbons (Fsp3) is 0.944. The number of alkyl halides is 1. The molecule has 0 radical (unpaired) electrons. The average Bonchev–Trinajstić information content (AvgIpc) is 3.39. The fourth-order valence-corrected chi connectivity index (χ4v) is 11.6. The molecule has 0 aromatic carbocycles. The maximum absolute atomic E-state index is 3.88. The van der Waals surface area contributed by atoms with Crippen LogP contribution in [0.25, 0.3) is 0 Å². The predicted octanol–water partition coefficient (Wildman–Crippen LogP) is 24.8. The summed E-state index contributed by atoms with van der Waals surface area (Å²) >= 11 is 2.53. The minimum Gasteiger partial charge on any atom is -0.344 e. The zero-order chi connectivity index (χ0) is 53.0. The summed E-state index contributed by atoms with van der Waals surface area (Å²) in [5.74, 6) is 2.06. The van der Waals surface area contributed by atoms with Crippen LogP contribution in [0.1, 0.15) is 412 Å². The Bertz CT molecular complexity index is 821. The molecule has 2 atom stereocenters. The van der Waals surface area contributed by atoms with Gasteiger partial charge in [-0.25, -0.2) is 0 Å². The van der Waals surface area contributed by atoms with E-state index in [1.54, 1.807) is 0 Å². The molecule has 0 aliphatic heterocycles. The molecule has 0 aromatic rings. The number of halogens is 1. The van der Waals surface area contributed by atoms with E-state index in [-0.39, 0.29) is 51.4 Å². The van der Waals surface area contributed by atoms with Crippen LogP contribution in [0.15, 0.2) is 0 Å². The topological polar surface area (TPSA) is 0 Å². The van der Waals surface area contributed by atoms with Crippen LogP contribution >= 0.6 is 22.6 Å². The number of hydrogen-bond donors (Lipinski definition) is 0. The summed E-state index contributed by atoms with van der Waals surface area (Å²) in [6.45, 7) is 21.9. The van der Waals surface area contributed by atoms with Crippen molar-refractivity contribution >= 4 is 22.6 Å². The number of unbranched alkanes of at least 4 members (excludes halogenated alkanes) is 33. The van der Waals surface area contributed by atoms with Crippen LogP contribution in [0.4, 0.5) is 0 Å². The molecule has 0 saturated heterocycles. The summed E-state index contributed by atoms with van der Waals surface area (Å²) in [6, 6.07) is 0. The Morgan fingerprint density at radius 1 is 0.284 bits per heavy atom. The van der Waals surface area contributed by atoms with Gasteiger partial charge in [0.25, 0.3) is 0 Å². The molecule has 0 heterocycles.